The van der Waals surface area contributed by atoms with Crippen LogP contribution in [0.2, 0.25) is 0 Å². The minimum atomic E-state index is -5.02. The van der Waals surface area contributed by atoms with E-state index in [4.69, 9.17) is 64.4 Å². The largest absolute Gasteiger partial charge is 1.00 e. The van der Waals surface area contributed by atoms with Crippen LogP contribution in [0.5, 0.6) is 0 Å². The molecule has 0 saturated carbocycles. The number of unbranched alkanes of at least 4 members (excludes halogenated alkanes) is 24. The molecule has 1 aliphatic rings. The Morgan fingerprint density at radius 1 is 0.562 bits per heavy atom. The molecule has 594 valence electrons. The van der Waals surface area contributed by atoms with Crippen molar-refractivity contribution in [3.8, 4) is 0 Å². The fourth-order valence-electron chi connectivity index (χ4n) is 12.3. The van der Waals surface area contributed by atoms with Gasteiger partial charge in [0.25, 0.3) is 13.7 Å². The average molecular weight is 1530 g/mol. The molecule has 0 spiro atoms. The van der Waals surface area contributed by atoms with E-state index in [0.717, 1.165) is 61.6 Å². The second kappa shape index (κ2) is 61.5. The molecule has 1 saturated heterocycles. The summed E-state index contributed by atoms with van der Waals surface area (Å²) in [6, 6.07) is 4.13. The van der Waals surface area contributed by atoms with Gasteiger partial charge in [-0.1, -0.05) is 175 Å². The number of carbonyl (C=O) groups is 7. The van der Waals surface area contributed by atoms with Crippen molar-refractivity contribution < 1.29 is 91.1 Å². The Kier molecular flexibility index (Phi) is 57.2. The number of phosphoric acid groups is 1. The van der Waals surface area contributed by atoms with E-state index in [2.05, 4.69) is 44.5 Å². The van der Waals surface area contributed by atoms with Crippen molar-refractivity contribution in [2.75, 3.05) is 63.2 Å². The zero-order chi connectivity index (χ0) is 76.6. The van der Waals surface area contributed by atoms with E-state index in [0.29, 0.717) is 70.9 Å². The maximum absolute atomic E-state index is 14.4. The monoisotopic (exact) mass is 1530 g/mol. The molecule has 0 bridgehead atoms. The molecule has 7 atom stereocenters. The van der Waals surface area contributed by atoms with Crippen LogP contribution >= 0.6 is 19.6 Å². The van der Waals surface area contributed by atoms with Gasteiger partial charge in [-0.25, -0.2) is 4.90 Å². The molecule has 1 heterocycles. The molecule has 1 aromatic rings. The van der Waals surface area contributed by atoms with Crippen LogP contribution in [0.3, 0.4) is 0 Å². The van der Waals surface area contributed by atoms with E-state index in [1.54, 1.807) is 0 Å². The van der Waals surface area contributed by atoms with Crippen molar-refractivity contribution in [3.63, 3.8) is 0 Å². The summed E-state index contributed by atoms with van der Waals surface area (Å²) < 4.78 is 34.5. The number of ketones is 2. The number of hydrogen-bond acceptors (Lipinski definition) is 19. The first-order valence-electron chi connectivity index (χ1n) is 38.8. The van der Waals surface area contributed by atoms with E-state index in [1.165, 1.54) is 133 Å². The molecular formula is C74H133N15NaO13PS. The van der Waals surface area contributed by atoms with Crippen molar-refractivity contribution in [3.05, 3.63) is 29.8 Å². The number of carbonyl (C=O) groups excluding carboxylic acids is 7. The van der Waals surface area contributed by atoms with Crippen LogP contribution in [0.4, 0.5) is 5.69 Å². The molecule has 1 fully saturated rings. The number of nitrogens with one attached hydrogen (secondary N) is 2. The van der Waals surface area contributed by atoms with Crippen LogP contribution in [0.25, 0.3) is 0 Å². The SMILES string of the molecule is CCCCCCCCCCCCCCCC(=O)OC[C@H](COP(=O)([O-])OCCSC1CC(=O)N(c2ccc(C(=O)NC(CCCN=C(N)N)C(=O)CC(CCCN=C(N)N)CNC(CCCN=C(N)N)C(=O)CC(C)CCCN=C(N)N)cc2)C1=O)OC(=O)CCCCCCCCCCCCCCC.[Na+]. The zero-order valence-corrected chi connectivity index (χ0v) is 67.9. The van der Waals surface area contributed by atoms with Crippen LogP contribution < -0.4 is 95.9 Å². The summed E-state index contributed by atoms with van der Waals surface area (Å²) in [5.41, 5.74) is 44.8. The number of imide groups is 1. The molecule has 18 N–H and O–H groups in total. The molecule has 105 heavy (non-hydrogen) atoms. The third-order valence-electron chi connectivity index (χ3n) is 18.1. The number of anilines is 1. The van der Waals surface area contributed by atoms with Crippen molar-refractivity contribution in [1.82, 2.24) is 10.6 Å². The van der Waals surface area contributed by atoms with Gasteiger partial charge in [0.05, 0.1) is 36.2 Å². The van der Waals surface area contributed by atoms with Gasteiger partial charge in [-0.05, 0) is 107 Å². The first-order chi connectivity index (χ1) is 49.9. The van der Waals surface area contributed by atoms with Crippen LogP contribution in [0.15, 0.2) is 44.2 Å². The number of phosphoric ester groups is 1. The summed E-state index contributed by atoms with van der Waals surface area (Å²) in [4.78, 5) is 126. The van der Waals surface area contributed by atoms with Crippen LogP contribution in [0, 0.1) is 11.8 Å². The maximum Gasteiger partial charge on any atom is 1.00 e. The number of benzene rings is 1. The Bertz CT molecular complexity index is 2760. The van der Waals surface area contributed by atoms with Crippen molar-refractivity contribution in [1.29, 1.82) is 0 Å². The summed E-state index contributed by atoms with van der Waals surface area (Å²) in [5, 5.41) is 5.40. The van der Waals surface area contributed by atoms with Gasteiger partial charge in [-0.2, -0.15) is 0 Å². The number of Topliss-reactive ketones (excluding diaryl/α,β-unsaturated/α-hetero) is 2. The Morgan fingerprint density at radius 3 is 1.47 bits per heavy atom. The van der Waals surface area contributed by atoms with Gasteiger partial charge < -0.3 is 79.9 Å². The second-order valence-corrected chi connectivity index (χ2v) is 30.3. The van der Waals surface area contributed by atoms with Gasteiger partial charge in [0, 0.05) is 69.6 Å². The predicted octanol–water partition coefficient (Wildman–Crippen LogP) is 6.42. The number of ether oxygens (including phenoxy) is 2. The standard InChI is InChI=1S/C74H134N15O13PS.Na/c1-4-6-8-10-12-14-16-18-20-22-24-26-28-38-67(93)99-54-60(102-68(94)39-29-27-25-23-21-19-17-15-13-11-9-7-5-2)55-101-103(97,98)100-48-49-104-65-52-66(92)89(70(65)96)59-42-40-58(41-43-59)69(95)88-62(37-33-47-86-74(81)82)64(91)51-57(35-31-45-84-72(77)78)53-87-61(36-32-46-85-73(79)80)63(90)50-56(3)34-30-44-83-71(75)76;/h40-43,56-57,60-62,65,87H,4-39,44-55H2,1-3H3,(H,88,95)(H,97,98)(H4,75,76,83)(H4,77,78,84)(H4,79,80,85)(H4,81,82,86);/q;+1/p-1/t56?,57?,60-,61?,62?,65?;/m1./s1. The first-order valence-corrected chi connectivity index (χ1v) is 41.3. The van der Waals surface area contributed by atoms with Crippen LogP contribution in [0.1, 0.15) is 282 Å². The number of esters is 2. The van der Waals surface area contributed by atoms with Gasteiger partial charge >= 0.3 is 41.5 Å². The first kappa shape index (κ1) is 97.6. The van der Waals surface area contributed by atoms with E-state index in [9.17, 15) is 43.0 Å². The predicted molar refractivity (Wildman–Crippen MR) is 415 cm³/mol. The smallest absolute Gasteiger partial charge is 0.756 e. The third kappa shape index (κ3) is 50.8. The fraction of sp³-hybridized carbons (Fsp3) is 0.770. The minimum absolute atomic E-state index is 0. The molecule has 1 aliphatic heterocycles. The molecule has 0 radical (unpaired) electrons. The quantitative estimate of drug-likeness (QED) is 0.00640. The number of aliphatic imine (C=N–C) groups is 4. The second-order valence-electron chi connectivity index (χ2n) is 27.6. The number of nitrogens with zero attached hydrogens (tertiary/aromatic N) is 5. The fourth-order valence-corrected chi connectivity index (χ4v) is 14.1. The molecule has 6 unspecified atom stereocenters. The number of nitrogens with two attached hydrogens (primary N) is 8. The Morgan fingerprint density at radius 2 is 0.990 bits per heavy atom. The summed E-state index contributed by atoms with van der Waals surface area (Å²) in [5.74, 6) is -3.68. The van der Waals surface area contributed by atoms with E-state index < -0.39 is 80.7 Å². The number of thioether (sulfide) groups is 1. The molecule has 3 amide bonds. The van der Waals surface area contributed by atoms with E-state index in [1.807, 2.05) is 6.92 Å². The third-order valence-corrected chi connectivity index (χ3v) is 20.3. The van der Waals surface area contributed by atoms with Gasteiger partial charge in [0.2, 0.25) is 11.8 Å². The Balaban J connectivity index is 0.0000551. The van der Waals surface area contributed by atoms with Crippen molar-refractivity contribution >= 4 is 90.3 Å². The van der Waals surface area contributed by atoms with E-state index >= 15 is 0 Å². The van der Waals surface area contributed by atoms with Gasteiger partial charge in [0.15, 0.2) is 35.7 Å². The zero-order valence-electron chi connectivity index (χ0n) is 64.2. The summed E-state index contributed by atoms with van der Waals surface area (Å²) in [7, 11) is -5.02. The topological polar surface area (TPSA) is 481 Å². The van der Waals surface area contributed by atoms with Gasteiger partial charge in [-0.15, -0.1) is 11.8 Å². The normalized spacial score (nSPS) is 14.7. The van der Waals surface area contributed by atoms with Crippen molar-refractivity contribution in [2.24, 2.45) is 77.7 Å². The Labute approximate surface area is 653 Å². The number of rotatable bonds is 67. The average Bonchev–Trinajstić information content (AvgIpc) is 1.67. The molecule has 2 rings (SSSR count). The summed E-state index contributed by atoms with van der Waals surface area (Å²) >= 11 is 1.02. The number of amides is 3. The van der Waals surface area contributed by atoms with Crippen LogP contribution in [-0.2, 0) is 51.9 Å². The molecular weight excluding hydrogens is 1390 g/mol. The van der Waals surface area contributed by atoms with Crippen LogP contribution in [-0.4, -0.2) is 147 Å². The number of guanidine groups is 4. The minimum Gasteiger partial charge on any atom is -0.756 e. The molecule has 28 nitrogen and oxygen atoms in total. The summed E-state index contributed by atoms with van der Waals surface area (Å²) in [6.07, 6.45) is 32.9. The molecule has 0 aliphatic carbocycles. The molecule has 31 heteroatoms. The molecule has 0 aromatic heterocycles. The van der Waals surface area contributed by atoms with Crippen molar-refractivity contribution in [2.45, 2.75) is 295 Å². The van der Waals surface area contributed by atoms with E-state index in [-0.39, 0.29) is 152 Å². The van der Waals surface area contributed by atoms with Gasteiger partial charge in [-0.3, -0.25) is 58.1 Å². The molecule has 1 aromatic carbocycles. The Hall–Kier alpha value is -5.39. The summed E-state index contributed by atoms with van der Waals surface area (Å²) in [6.45, 7) is 6.43. The van der Waals surface area contributed by atoms with Gasteiger partial charge in [0.1, 0.15) is 12.4 Å². The number of hydrogen-bond donors (Lipinski definition) is 10. The maximum atomic E-state index is 14.4.